The molecule has 0 spiro atoms. The molecule has 0 heterocycles. The molecule has 0 fully saturated rings. The highest BCUT2D eigenvalue weighted by atomic mass is 16.6. The van der Waals surface area contributed by atoms with Gasteiger partial charge in [0.25, 0.3) is 5.69 Å². The van der Waals surface area contributed by atoms with Crippen molar-refractivity contribution in [3.63, 3.8) is 0 Å². The third-order valence-electron chi connectivity index (χ3n) is 3.10. The van der Waals surface area contributed by atoms with Crippen LogP contribution >= 0.6 is 0 Å². The summed E-state index contributed by atoms with van der Waals surface area (Å²) in [6, 6.07) is 9.69. The molecule has 0 radical (unpaired) electrons. The van der Waals surface area contributed by atoms with Crippen LogP contribution in [-0.2, 0) is 6.54 Å². The van der Waals surface area contributed by atoms with E-state index in [2.05, 4.69) is 5.32 Å². The van der Waals surface area contributed by atoms with Crippen molar-refractivity contribution in [1.82, 2.24) is 0 Å². The topological polar surface area (TPSA) is 84.6 Å². The van der Waals surface area contributed by atoms with Crippen molar-refractivity contribution in [1.29, 1.82) is 0 Å². The number of benzene rings is 2. The van der Waals surface area contributed by atoms with Crippen LogP contribution in [0.15, 0.2) is 36.4 Å². The Morgan fingerprint density at radius 2 is 2.05 bits per heavy atom. The summed E-state index contributed by atoms with van der Waals surface area (Å²) >= 11 is 0. The van der Waals surface area contributed by atoms with E-state index in [1.54, 1.807) is 12.1 Å². The summed E-state index contributed by atoms with van der Waals surface area (Å²) in [6.07, 6.45) is 0. The molecule has 0 atom stereocenters. The molecule has 6 heteroatoms. The summed E-state index contributed by atoms with van der Waals surface area (Å²) in [5.41, 5.74) is 2.38. The summed E-state index contributed by atoms with van der Waals surface area (Å²) in [4.78, 5) is 10.3. The van der Waals surface area contributed by atoms with E-state index < -0.39 is 4.92 Å². The van der Waals surface area contributed by atoms with Crippen molar-refractivity contribution >= 4 is 11.4 Å². The first-order valence-electron chi connectivity index (χ1n) is 6.36. The molecule has 2 rings (SSSR count). The largest absolute Gasteiger partial charge is 0.508 e. The number of phenols is 1. The lowest BCUT2D eigenvalue weighted by Crippen LogP contribution is -2.02. The minimum absolute atomic E-state index is 0.0317. The van der Waals surface area contributed by atoms with Gasteiger partial charge < -0.3 is 15.2 Å². The quantitative estimate of drug-likeness (QED) is 0.651. The van der Waals surface area contributed by atoms with Gasteiger partial charge in [0.05, 0.1) is 23.8 Å². The van der Waals surface area contributed by atoms with Crippen LogP contribution in [0.25, 0.3) is 0 Å². The van der Waals surface area contributed by atoms with Gasteiger partial charge in [-0.1, -0.05) is 17.7 Å². The number of rotatable bonds is 5. The molecule has 0 amide bonds. The molecule has 21 heavy (non-hydrogen) atoms. The third-order valence-corrected chi connectivity index (χ3v) is 3.10. The SMILES string of the molecule is COc1cc([N+](=O)[O-])ccc1NCc1cc(C)ccc1O. The molecule has 0 unspecified atom stereocenters. The Kier molecular flexibility index (Phi) is 4.27. The monoisotopic (exact) mass is 288 g/mol. The van der Waals surface area contributed by atoms with Gasteiger partial charge in [0, 0.05) is 18.2 Å². The number of aryl methyl sites for hydroxylation is 1. The van der Waals surface area contributed by atoms with Gasteiger partial charge >= 0.3 is 0 Å². The number of non-ortho nitro benzene ring substituents is 1. The number of aromatic hydroxyl groups is 1. The molecule has 0 aliphatic heterocycles. The molecule has 0 aromatic heterocycles. The second kappa shape index (κ2) is 6.13. The van der Waals surface area contributed by atoms with Gasteiger partial charge in [0.2, 0.25) is 0 Å². The van der Waals surface area contributed by atoms with E-state index in [-0.39, 0.29) is 11.4 Å². The fourth-order valence-corrected chi connectivity index (χ4v) is 1.99. The number of phenolic OH excluding ortho intramolecular Hbond substituents is 1. The zero-order chi connectivity index (χ0) is 15.4. The molecular weight excluding hydrogens is 272 g/mol. The smallest absolute Gasteiger partial charge is 0.273 e. The molecule has 0 bridgehead atoms. The molecule has 2 aromatic rings. The maximum atomic E-state index is 10.7. The molecule has 2 aromatic carbocycles. The van der Waals surface area contributed by atoms with Crippen molar-refractivity contribution < 1.29 is 14.8 Å². The van der Waals surface area contributed by atoms with E-state index in [1.165, 1.54) is 19.2 Å². The highest BCUT2D eigenvalue weighted by Crippen LogP contribution is 2.30. The number of ether oxygens (including phenoxy) is 1. The second-order valence-electron chi connectivity index (χ2n) is 4.63. The van der Waals surface area contributed by atoms with Crippen LogP contribution in [0.1, 0.15) is 11.1 Å². The lowest BCUT2D eigenvalue weighted by atomic mass is 10.1. The molecule has 6 nitrogen and oxygen atoms in total. The number of nitro groups is 1. The van der Waals surface area contributed by atoms with E-state index in [9.17, 15) is 15.2 Å². The highest BCUT2D eigenvalue weighted by molar-refractivity contribution is 5.61. The summed E-state index contributed by atoms with van der Waals surface area (Å²) in [5.74, 6) is 0.588. The van der Waals surface area contributed by atoms with Crippen LogP contribution in [0, 0.1) is 17.0 Å². The van der Waals surface area contributed by atoms with Gasteiger partial charge in [-0.15, -0.1) is 0 Å². The van der Waals surface area contributed by atoms with Crippen LogP contribution in [0.4, 0.5) is 11.4 Å². The average Bonchev–Trinajstić information content (AvgIpc) is 2.47. The van der Waals surface area contributed by atoms with Crippen molar-refractivity contribution in [3.8, 4) is 11.5 Å². The Hall–Kier alpha value is -2.76. The van der Waals surface area contributed by atoms with Crippen LogP contribution in [0.5, 0.6) is 11.5 Å². The minimum Gasteiger partial charge on any atom is -0.508 e. The summed E-state index contributed by atoms with van der Waals surface area (Å²) in [7, 11) is 1.45. The van der Waals surface area contributed by atoms with Crippen molar-refractivity contribution in [3.05, 3.63) is 57.6 Å². The van der Waals surface area contributed by atoms with Gasteiger partial charge in [-0.05, 0) is 19.1 Å². The normalized spacial score (nSPS) is 10.2. The predicted molar refractivity (Wildman–Crippen MR) is 79.8 cm³/mol. The first kappa shape index (κ1) is 14.6. The predicted octanol–water partition coefficient (Wildman–Crippen LogP) is 3.23. The molecule has 0 saturated carbocycles. The number of nitrogens with one attached hydrogen (secondary N) is 1. The van der Waals surface area contributed by atoms with Crippen LogP contribution in [-0.4, -0.2) is 17.1 Å². The van der Waals surface area contributed by atoms with E-state index >= 15 is 0 Å². The van der Waals surface area contributed by atoms with Gasteiger partial charge in [-0.2, -0.15) is 0 Å². The summed E-state index contributed by atoms with van der Waals surface area (Å²) < 4.78 is 5.15. The van der Waals surface area contributed by atoms with E-state index in [0.29, 0.717) is 18.0 Å². The van der Waals surface area contributed by atoms with E-state index in [0.717, 1.165) is 11.1 Å². The molecular formula is C15H16N2O4. The van der Waals surface area contributed by atoms with Crippen LogP contribution < -0.4 is 10.1 Å². The molecule has 2 N–H and O–H groups in total. The maximum absolute atomic E-state index is 10.7. The zero-order valence-electron chi connectivity index (χ0n) is 11.8. The number of nitro benzene ring substituents is 1. The van der Waals surface area contributed by atoms with Gasteiger partial charge in [-0.25, -0.2) is 0 Å². The summed E-state index contributed by atoms with van der Waals surface area (Å²) in [6.45, 7) is 2.33. The van der Waals surface area contributed by atoms with Gasteiger partial charge in [0.15, 0.2) is 0 Å². The van der Waals surface area contributed by atoms with E-state index in [1.807, 2.05) is 19.1 Å². The maximum Gasteiger partial charge on any atom is 0.273 e. The number of hydrogen-bond acceptors (Lipinski definition) is 5. The average molecular weight is 288 g/mol. The molecule has 110 valence electrons. The fraction of sp³-hybridized carbons (Fsp3) is 0.200. The van der Waals surface area contributed by atoms with Crippen LogP contribution in [0.3, 0.4) is 0 Å². The first-order valence-corrected chi connectivity index (χ1v) is 6.36. The molecule has 0 saturated heterocycles. The number of nitrogens with zero attached hydrogens (tertiary/aromatic N) is 1. The third kappa shape index (κ3) is 3.42. The Labute approximate surface area is 122 Å². The van der Waals surface area contributed by atoms with Crippen molar-refractivity contribution in [2.75, 3.05) is 12.4 Å². The zero-order valence-corrected chi connectivity index (χ0v) is 11.8. The Morgan fingerprint density at radius 1 is 1.29 bits per heavy atom. The number of anilines is 1. The number of hydrogen-bond donors (Lipinski definition) is 2. The minimum atomic E-state index is -0.474. The molecule has 0 aliphatic rings. The van der Waals surface area contributed by atoms with Gasteiger partial charge in [0.1, 0.15) is 11.5 Å². The van der Waals surface area contributed by atoms with Crippen LogP contribution in [0.2, 0.25) is 0 Å². The van der Waals surface area contributed by atoms with Crippen molar-refractivity contribution in [2.24, 2.45) is 0 Å². The Morgan fingerprint density at radius 3 is 2.71 bits per heavy atom. The lowest BCUT2D eigenvalue weighted by Gasteiger charge is -2.12. The first-order chi connectivity index (χ1) is 10.0. The Bertz CT molecular complexity index is 671. The Balaban J connectivity index is 2.19. The fourth-order valence-electron chi connectivity index (χ4n) is 1.99. The van der Waals surface area contributed by atoms with Crippen molar-refractivity contribution in [2.45, 2.75) is 13.5 Å². The lowest BCUT2D eigenvalue weighted by molar-refractivity contribution is -0.384. The second-order valence-corrected chi connectivity index (χ2v) is 4.63. The van der Waals surface area contributed by atoms with E-state index in [4.69, 9.17) is 4.74 Å². The highest BCUT2D eigenvalue weighted by Gasteiger charge is 2.11. The number of methoxy groups -OCH3 is 1. The standard InChI is InChI=1S/C15H16N2O4/c1-10-3-6-14(18)11(7-10)9-16-13-5-4-12(17(19)20)8-15(13)21-2/h3-8,16,18H,9H2,1-2H3. The van der Waals surface area contributed by atoms with Gasteiger partial charge in [-0.3, -0.25) is 10.1 Å². The molecule has 0 aliphatic carbocycles. The summed E-state index contributed by atoms with van der Waals surface area (Å²) in [5, 5.41) is 23.6.